The van der Waals surface area contributed by atoms with Crippen LogP contribution in [0.3, 0.4) is 0 Å². The normalized spacial score (nSPS) is 18.4. The first kappa shape index (κ1) is 14.7. The van der Waals surface area contributed by atoms with Crippen LogP contribution >= 0.6 is 0 Å². The van der Waals surface area contributed by atoms with Crippen LogP contribution in [0.25, 0.3) is 0 Å². The molecule has 1 amide bonds. The summed E-state index contributed by atoms with van der Waals surface area (Å²) in [4.78, 5) is 12.8. The maximum atomic E-state index is 13.0. The maximum Gasteiger partial charge on any atom is 0.416 e. The van der Waals surface area contributed by atoms with E-state index in [2.05, 4.69) is 0 Å². The highest BCUT2D eigenvalue weighted by Gasteiger charge is 2.40. The number of alkyl halides is 5. The molecule has 0 radical (unpaired) electrons. The second-order valence-electron chi connectivity index (χ2n) is 4.79. The van der Waals surface area contributed by atoms with Gasteiger partial charge in [0.15, 0.2) is 0 Å². The van der Waals surface area contributed by atoms with E-state index >= 15 is 0 Å². The predicted octanol–water partition coefficient (Wildman–Crippen LogP) is 3.12. The number of carbonyl (C=O) groups is 1. The molecule has 0 atom stereocenters. The summed E-state index contributed by atoms with van der Waals surface area (Å²) in [6, 6.07) is 4.13. The molecular formula is C13H12F5NO. The molecule has 1 saturated heterocycles. The minimum absolute atomic E-state index is 0.0214. The summed E-state index contributed by atoms with van der Waals surface area (Å²) in [5.74, 6) is -3.36. The van der Waals surface area contributed by atoms with Crippen molar-refractivity contribution in [1.82, 2.24) is 4.90 Å². The summed E-state index contributed by atoms with van der Waals surface area (Å²) in [5.41, 5.74) is -0.431. The molecule has 1 aromatic carbocycles. The summed E-state index contributed by atoms with van der Waals surface area (Å²) in [6.07, 6.45) is -4.97. The zero-order chi connectivity index (χ0) is 15.0. The third-order valence-electron chi connectivity index (χ3n) is 3.16. The number of benzene rings is 1. The Morgan fingerprint density at radius 3 is 2.25 bits per heavy atom. The van der Waals surface area contributed by atoms with E-state index < -0.39 is 30.1 Å². The highest BCUT2D eigenvalue weighted by atomic mass is 19.4. The Labute approximate surface area is 112 Å². The summed E-state index contributed by atoms with van der Waals surface area (Å²) in [5, 5.41) is 0. The molecule has 0 aromatic heterocycles. The quantitative estimate of drug-likeness (QED) is 0.767. The van der Waals surface area contributed by atoms with Gasteiger partial charge in [-0.25, -0.2) is 8.78 Å². The third-order valence-corrected chi connectivity index (χ3v) is 3.16. The molecule has 0 aliphatic carbocycles. The van der Waals surface area contributed by atoms with E-state index in [9.17, 15) is 26.7 Å². The molecule has 1 fully saturated rings. The van der Waals surface area contributed by atoms with Crippen molar-refractivity contribution in [2.45, 2.75) is 24.9 Å². The molecule has 20 heavy (non-hydrogen) atoms. The van der Waals surface area contributed by atoms with E-state index in [0.29, 0.717) is 5.56 Å². The Bertz CT molecular complexity index is 494. The first-order chi connectivity index (χ1) is 9.17. The smallest absolute Gasteiger partial charge is 0.336 e. The summed E-state index contributed by atoms with van der Waals surface area (Å²) in [6.45, 7) is -0.640. The lowest BCUT2D eigenvalue weighted by Gasteiger charge is -2.16. The molecule has 110 valence electrons. The number of hydrogen-bond donors (Lipinski definition) is 0. The predicted molar refractivity (Wildman–Crippen MR) is 61.3 cm³/mol. The number of likely N-dealkylation sites (tertiary alicyclic amines) is 1. The molecular weight excluding hydrogens is 281 g/mol. The highest BCUT2D eigenvalue weighted by molar-refractivity contribution is 5.79. The second kappa shape index (κ2) is 5.03. The lowest BCUT2D eigenvalue weighted by atomic mass is 10.1. The molecule has 0 unspecified atom stereocenters. The van der Waals surface area contributed by atoms with Gasteiger partial charge in [-0.2, -0.15) is 13.2 Å². The third kappa shape index (κ3) is 3.46. The Kier molecular flexibility index (Phi) is 3.71. The number of amides is 1. The van der Waals surface area contributed by atoms with Gasteiger partial charge in [0, 0.05) is 13.0 Å². The average Bonchev–Trinajstić information content (AvgIpc) is 2.69. The molecule has 0 N–H and O–H groups in total. The molecule has 0 saturated carbocycles. The Morgan fingerprint density at radius 2 is 1.80 bits per heavy atom. The number of rotatable bonds is 2. The Morgan fingerprint density at radius 1 is 1.20 bits per heavy atom. The van der Waals surface area contributed by atoms with Gasteiger partial charge in [-0.3, -0.25) is 4.79 Å². The van der Waals surface area contributed by atoms with Gasteiger partial charge < -0.3 is 4.90 Å². The lowest BCUT2D eigenvalue weighted by molar-refractivity contribution is -0.137. The van der Waals surface area contributed by atoms with E-state index in [1.165, 1.54) is 12.1 Å². The van der Waals surface area contributed by atoms with Crippen LogP contribution in [0.2, 0.25) is 0 Å². The van der Waals surface area contributed by atoms with Gasteiger partial charge in [0.25, 0.3) is 5.92 Å². The Hall–Kier alpha value is -1.66. The summed E-state index contributed by atoms with van der Waals surface area (Å²) < 4.78 is 63.0. The van der Waals surface area contributed by atoms with Crippen molar-refractivity contribution in [1.29, 1.82) is 0 Å². The van der Waals surface area contributed by atoms with Crippen LogP contribution in [0, 0.1) is 0 Å². The van der Waals surface area contributed by atoms with Gasteiger partial charge in [0.2, 0.25) is 5.91 Å². The van der Waals surface area contributed by atoms with E-state index in [-0.39, 0.29) is 19.4 Å². The summed E-state index contributed by atoms with van der Waals surface area (Å²) in [7, 11) is 0. The van der Waals surface area contributed by atoms with Gasteiger partial charge in [-0.05, 0) is 17.7 Å². The van der Waals surface area contributed by atoms with Crippen LogP contribution in [-0.4, -0.2) is 29.8 Å². The number of halogens is 5. The Balaban J connectivity index is 1.99. The first-order valence-corrected chi connectivity index (χ1v) is 5.99. The zero-order valence-corrected chi connectivity index (χ0v) is 10.4. The van der Waals surface area contributed by atoms with Gasteiger partial charge in [-0.1, -0.05) is 12.1 Å². The van der Waals surface area contributed by atoms with E-state index in [4.69, 9.17) is 0 Å². The molecule has 7 heteroatoms. The van der Waals surface area contributed by atoms with Gasteiger partial charge in [0.05, 0.1) is 18.5 Å². The molecule has 1 aliphatic rings. The van der Waals surface area contributed by atoms with Crippen molar-refractivity contribution >= 4 is 5.91 Å². The van der Waals surface area contributed by atoms with Gasteiger partial charge in [0.1, 0.15) is 0 Å². The van der Waals surface area contributed by atoms with Crippen LogP contribution in [0.15, 0.2) is 24.3 Å². The molecule has 0 bridgehead atoms. The minimum atomic E-state index is -4.43. The zero-order valence-electron chi connectivity index (χ0n) is 10.4. The van der Waals surface area contributed by atoms with Crippen LogP contribution in [0.1, 0.15) is 17.5 Å². The number of hydrogen-bond acceptors (Lipinski definition) is 1. The SMILES string of the molecule is O=C(Cc1ccc(C(F)(F)F)cc1)N1CCC(F)(F)C1. The molecule has 2 rings (SSSR count). The maximum absolute atomic E-state index is 13.0. The molecule has 2 nitrogen and oxygen atoms in total. The minimum Gasteiger partial charge on any atom is -0.336 e. The molecule has 1 aliphatic heterocycles. The fourth-order valence-corrected chi connectivity index (χ4v) is 2.05. The highest BCUT2D eigenvalue weighted by Crippen LogP contribution is 2.30. The molecule has 1 heterocycles. The van der Waals surface area contributed by atoms with Crippen molar-refractivity contribution in [3.8, 4) is 0 Å². The van der Waals surface area contributed by atoms with Crippen molar-refractivity contribution in [2.75, 3.05) is 13.1 Å². The van der Waals surface area contributed by atoms with E-state index in [0.717, 1.165) is 17.0 Å². The lowest BCUT2D eigenvalue weighted by Crippen LogP contribution is -2.32. The molecule has 0 spiro atoms. The van der Waals surface area contributed by atoms with Crippen LogP contribution < -0.4 is 0 Å². The van der Waals surface area contributed by atoms with Crippen molar-refractivity contribution < 1.29 is 26.7 Å². The number of nitrogens with zero attached hydrogens (tertiary/aromatic N) is 1. The topological polar surface area (TPSA) is 20.3 Å². The van der Waals surface area contributed by atoms with Crippen LogP contribution in [0.4, 0.5) is 22.0 Å². The second-order valence-corrected chi connectivity index (χ2v) is 4.79. The fourth-order valence-electron chi connectivity index (χ4n) is 2.05. The van der Waals surface area contributed by atoms with Crippen molar-refractivity contribution in [3.05, 3.63) is 35.4 Å². The van der Waals surface area contributed by atoms with Crippen LogP contribution in [0.5, 0.6) is 0 Å². The van der Waals surface area contributed by atoms with Crippen molar-refractivity contribution in [2.24, 2.45) is 0 Å². The summed E-state index contributed by atoms with van der Waals surface area (Å²) >= 11 is 0. The van der Waals surface area contributed by atoms with E-state index in [1.54, 1.807) is 0 Å². The van der Waals surface area contributed by atoms with Crippen molar-refractivity contribution in [3.63, 3.8) is 0 Å². The fraction of sp³-hybridized carbons (Fsp3) is 0.462. The monoisotopic (exact) mass is 293 g/mol. The number of carbonyl (C=O) groups excluding carboxylic acids is 1. The standard InChI is InChI=1S/C13H12F5NO/c14-12(15)5-6-19(8-12)11(20)7-9-1-3-10(4-2-9)13(16,17)18/h1-4H,5-8H2. The molecule has 1 aromatic rings. The van der Waals surface area contributed by atoms with Gasteiger partial charge >= 0.3 is 6.18 Å². The van der Waals surface area contributed by atoms with Gasteiger partial charge in [-0.15, -0.1) is 0 Å². The average molecular weight is 293 g/mol. The van der Waals surface area contributed by atoms with Crippen LogP contribution in [-0.2, 0) is 17.4 Å². The van der Waals surface area contributed by atoms with E-state index in [1.807, 2.05) is 0 Å². The first-order valence-electron chi connectivity index (χ1n) is 5.99. The largest absolute Gasteiger partial charge is 0.416 e.